The number of nitrogens with one attached hydrogen (secondary N) is 1. The van der Waals surface area contributed by atoms with Gasteiger partial charge in [-0.05, 0) is 38.0 Å². The Morgan fingerprint density at radius 3 is 2.78 bits per heavy atom. The van der Waals surface area contributed by atoms with Gasteiger partial charge in [-0.3, -0.25) is 0 Å². The van der Waals surface area contributed by atoms with Crippen LogP contribution in [0.25, 0.3) is 0 Å². The minimum absolute atomic E-state index is 0.0619. The van der Waals surface area contributed by atoms with Crippen molar-refractivity contribution in [2.45, 2.75) is 44.2 Å². The number of nitrogens with zero attached hydrogens (tertiary/aromatic N) is 2. The van der Waals surface area contributed by atoms with E-state index in [1.807, 2.05) is 23.5 Å². The average Bonchev–Trinajstić information content (AvgIpc) is 2.98. The van der Waals surface area contributed by atoms with E-state index in [4.69, 9.17) is 0 Å². The molecule has 0 unspecified atom stereocenters. The van der Waals surface area contributed by atoms with Crippen molar-refractivity contribution in [2.75, 3.05) is 7.05 Å². The van der Waals surface area contributed by atoms with Crippen LogP contribution in [-0.4, -0.2) is 29.0 Å². The Balaban J connectivity index is 1.63. The summed E-state index contributed by atoms with van der Waals surface area (Å²) in [6.07, 6.45) is 7.78. The maximum atomic E-state index is 12.2. The highest BCUT2D eigenvalue weighted by molar-refractivity contribution is 7.09. The quantitative estimate of drug-likeness (QED) is 0.910. The predicted octanol–water partition coefficient (Wildman–Crippen LogP) is 2.79. The molecule has 98 valence electrons. The zero-order chi connectivity index (χ0) is 12.5. The molecule has 1 atom stereocenters. The molecule has 0 aromatic carbocycles. The molecular formula is C13H19N3OS. The Labute approximate surface area is 111 Å². The Bertz CT molecular complexity index is 412. The minimum Gasteiger partial charge on any atom is -0.328 e. The van der Waals surface area contributed by atoms with E-state index < -0.39 is 0 Å². The molecule has 0 saturated heterocycles. The molecule has 1 aromatic heterocycles. The number of carbonyl (C=O) groups is 1. The first-order valence-electron chi connectivity index (χ1n) is 6.68. The zero-order valence-corrected chi connectivity index (χ0v) is 11.4. The van der Waals surface area contributed by atoms with Crippen LogP contribution in [0.5, 0.6) is 0 Å². The highest BCUT2D eigenvalue weighted by atomic mass is 32.1. The van der Waals surface area contributed by atoms with Crippen LogP contribution in [-0.2, 0) is 0 Å². The first kappa shape index (κ1) is 12.0. The lowest BCUT2D eigenvalue weighted by Crippen LogP contribution is -2.47. The summed E-state index contributed by atoms with van der Waals surface area (Å²) in [5, 5.41) is 6.19. The number of hydrogen-bond donors (Lipinski definition) is 1. The summed E-state index contributed by atoms with van der Waals surface area (Å²) in [6, 6.07) is 0.632. The third kappa shape index (κ3) is 2.36. The summed E-state index contributed by atoms with van der Waals surface area (Å²) in [6.45, 7) is 0. The Morgan fingerprint density at radius 2 is 2.28 bits per heavy atom. The van der Waals surface area contributed by atoms with Gasteiger partial charge in [0.25, 0.3) is 0 Å². The Kier molecular flexibility index (Phi) is 3.24. The van der Waals surface area contributed by atoms with Gasteiger partial charge in [0.2, 0.25) is 0 Å². The molecule has 4 nitrogen and oxygen atoms in total. The van der Waals surface area contributed by atoms with Crippen LogP contribution >= 0.6 is 11.3 Å². The van der Waals surface area contributed by atoms with E-state index in [0.717, 1.165) is 17.8 Å². The fourth-order valence-electron chi connectivity index (χ4n) is 2.37. The van der Waals surface area contributed by atoms with Crippen molar-refractivity contribution < 1.29 is 4.79 Å². The maximum Gasteiger partial charge on any atom is 0.317 e. The summed E-state index contributed by atoms with van der Waals surface area (Å²) in [5.74, 6) is 0.592. The number of hydrogen-bond acceptors (Lipinski definition) is 3. The number of aromatic nitrogens is 1. The van der Waals surface area contributed by atoms with Crippen LogP contribution in [0, 0.1) is 5.92 Å². The van der Waals surface area contributed by atoms with Crippen molar-refractivity contribution in [2.24, 2.45) is 5.92 Å². The van der Waals surface area contributed by atoms with Gasteiger partial charge in [0.15, 0.2) is 0 Å². The van der Waals surface area contributed by atoms with E-state index in [0.29, 0.717) is 12.0 Å². The molecule has 0 radical (unpaired) electrons. The van der Waals surface area contributed by atoms with Crippen LogP contribution in [0.15, 0.2) is 11.6 Å². The first-order chi connectivity index (χ1) is 8.75. The van der Waals surface area contributed by atoms with Crippen LogP contribution in [0.1, 0.15) is 43.2 Å². The van der Waals surface area contributed by atoms with Gasteiger partial charge in [-0.25, -0.2) is 9.78 Å². The molecule has 5 heteroatoms. The monoisotopic (exact) mass is 265 g/mol. The van der Waals surface area contributed by atoms with Crippen LogP contribution in [0.3, 0.4) is 0 Å². The molecule has 2 aliphatic rings. The van der Waals surface area contributed by atoms with Gasteiger partial charge < -0.3 is 10.2 Å². The van der Waals surface area contributed by atoms with Gasteiger partial charge in [-0.1, -0.05) is 0 Å². The summed E-state index contributed by atoms with van der Waals surface area (Å²) in [7, 11) is 1.91. The lowest BCUT2D eigenvalue weighted by atomic mass is 9.92. The maximum absolute atomic E-state index is 12.2. The number of urea groups is 1. The molecule has 2 fully saturated rings. The molecule has 0 spiro atoms. The summed E-state index contributed by atoms with van der Waals surface area (Å²) in [5.41, 5.74) is 0. The third-order valence-electron chi connectivity index (χ3n) is 4.03. The van der Waals surface area contributed by atoms with E-state index in [9.17, 15) is 4.79 Å². The van der Waals surface area contributed by atoms with E-state index in [1.54, 1.807) is 11.3 Å². The topological polar surface area (TPSA) is 45.2 Å². The molecule has 18 heavy (non-hydrogen) atoms. The van der Waals surface area contributed by atoms with Crippen molar-refractivity contribution in [3.8, 4) is 0 Å². The molecule has 1 N–H and O–H groups in total. The summed E-state index contributed by atoms with van der Waals surface area (Å²) < 4.78 is 0. The lowest BCUT2D eigenvalue weighted by molar-refractivity contribution is 0.153. The van der Waals surface area contributed by atoms with Crippen molar-refractivity contribution in [1.82, 2.24) is 15.2 Å². The minimum atomic E-state index is 0.0619. The molecule has 2 aliphatic carbocycles. The Morgan fingerprint density at radius 1 is 1.50 bits per heavy atom. The smallest absolute Gasteiger partial charge is 0.317 e. The fourth-order valence-corrected chi connectivity index (χ4v) is 3.15. The van der Waals surface area contributed by atoms with Gasteiger partial charge in [-0.15, -0.1) is 11.3 Å². The highest BCUT2D eigenvalue weighted by Crippen LogP contribution is 2.41. The summed E-state index contributed by atoms with van der Waals surface area (Å²) >= 11 is 1.64. The van der Waals surface area contributed by atoms with E-state index >= 15 is 0 Å². The number of thiazole rings is 1. The number of rotatable bonds is 4. The van der Waals surface area contributed by atoms with E-state index in [1.165, 1.54) is 19.3 Å². The predicted molar refractivity (Wildman–Crippen MR) is 71.5 cm³/mol. The third-order valence-corrected chi connectivity index (χ3v) is 4.89. The zero-order valence-electron chi connectivity index (χ0n) is 10.6. The van der Waals surface area contributed by atoms with Crippen LogP contribution in [0.2, 0.25) is 0 Å². The van der Waals surface area contributed by atoms with Gasteiger partial charge in [-0.2, -0.15) is 0 Å². The molecule has 2 amide bonds. The van der Waals surface area contributed by atoms with Gasteiger partial charge in [0.1, 0.15) is 5.01 Å². The molecule has 0 aliphatic heterocycles. The fraction of sp³-hybridized carbons (Fsp3) is 0.692. The van der Waals surface area contributed by atoms with Gasteiger partial charge in [0, 0.05) is 24.7 Å². The number of amides is 2. The van der Waals surface area contributed by atoms with E-state index in [-0.39, 0.29) is 12.1 Å². The van der Waals surface area contributed by atoms with Crippen molar-refractivity contribution >= 4 is 17.4 Å². The lowest BCUT2D eigenvalue weighted by Gasteiger charge is -2.35. The largest absolute Gasteiger partial charge is 0.328 e. The number of carbonyl (C=O) groups excluding carboxylic acids is 1. The second-order valence-electron chi connectivity index (χ2n) is 5.33. The van der Waals surface area contributed by atoms with Gasteiger partial charge >= 0.3 is 6.03 Å². The highest BCUT2D eigenvalue weighted by Gasteiger charge is 2.36. The first-order valence-corrected chi connectivity index (χ1v) is 7.56. The van der Waals surface area contributed by atoms with E-state index in [2.05, 4.69) is 10.3 Å². The SMILES string of the molecule is CN(C(=O)N[C@@H](c1nccs1)C1CC1)C1CCC1. The van der Waals surface area contributed by atoms with Crippen molar-refractivity contribution in [1.29, 1.82) is 0 Å². The Hall–Kier alpha value is -1.10. The summed E-state index contributed by atoms with van der Waals surface area (Å²) in [4.78, 5) is 18.4. The second-order valence-corrected chi connectivity index (χ2v) is 6.26. The standard InChI is InChI=1S/C13H19N3OS/c1-16(10-3-2-4-10)13(17)15-11(9-5-6-9)12-14-7-8-18-12/h7-11H,2-6H2,1H3,(H,15,17)/t11-/m1/s1. The van der Waals surface area contributed by atoms with Crippen LogP contribution < -0.4 is 5.32 Å². The molecule has 1 aromatic rings. The molecule has 0 bridgehead atoms. The van der Waals surface area contributed by atoms with Gasteiger partial charge in [0.05, 0.1) is 6.04 Å². The molecule has 2 saturated carbocycles. The van der Waals surface area contributed by atoms with Crippen molar-refractivity contribution in [3.05, 3.63) is 16.6 Å². The molecule has 3 rings (SSSR count). The van der Waals surface area contributed by atoms with Crippen molar-refractivity contribution in [3.63, 3.8) is 0 Å². The average molecular weight is 265 g/mol. The second kappa shape index (κ2) is 4.88. The molecule has 1 heterocycles. The van der Waals surface area contributed by atoms with Crippen LogP contribution in [0.4, 0.5) is 4.79 Å². The normalized spacial score (nSPS) is 21.2. The molecular weight excluding hydrogens is 246 g/mol.